The molecule has 0 aromatic rings. The van der Waals surface area contributed by atoms with Crippen LogP contribution >= 0.6 is 63.7 Å². The third-order valence-electron chi connectivity index (χ3n) is 8.43. The number of ether oxygens (including phenoxy) is 5. The van der Waals surface area contributed by atoms with Crippen molar-refractivity contribution in [2.24, 2.45) is 17.3 Å². The van der Waals surface area contributed by atoms with Crippen molar-refractivity contribution in [1.29, 1.82) is 0 Å². The van der Waals surface area contributed by atoms with Gasteiger partial charge in [-0.1, -0.05) is 88.7 Å². The lowest BCUT2D eigenvalue weighted by Gasteiger charge is -2.28. The van der Waals surface area contributed by atoms with Gasteiger partial charge < -0.3 is 23.7 Å². The summed E-state index contributed by atoms with van der Waals surface area (Å²) in [6, 6.07) is 0. The summed E-state index contributed by atoms with van der Waals surface area (Å²) >= 11 is 13.2. The number of amides is 2. The van der Waals surface area contributed by atoms with Crippen LogP contribution in [0.2, 0.25) is 0 Å². The second-order valence-corrected chi connectivity index (χ2v) is 16.8. The first kappa shape index (κ1) is 41.7. The van der Waals surface area contributed by atoms with Gasteiger partial charge in [-0.2, -0.15) is 0 Å². The molecule has 3 aliphatic heterocycles. The molecule has 0 radical (unpaired) electrons. The minimum atomic E-state index is -1.64. The number of rotatable bonds is 21. The Balaban J connectivity index is 1.56. The van der Waals surface area contributed by atoms with E-state index in [1.165, 1.54) is 13.8 Å². The number of esters is 4. The summed E-state index contributed by atoms with van der Waals surface area (Å²) in [4.78, 5) is 87.0. The van der Waals surface area contributed by atoms with Gasteiger partial charge in [-0.3, -0.25) is 38.5 Å². The zero-order chi connectivity index (χ0) is 36.5. The summed E-state index contributed by atoms with van der Waals surface area (Å²) in [6.45, 7) is 3.35. The van der Waals surface area contributed by atoms with Gasteiger partial charge in [-0.15, -0.1) is 0 Å². The summed E-state index contributed by atoms with van der Waals surface area (Å²) in [5.74, 6) is -4.57. The number of hydrogen-bond donors (Lipinski definition) is 0. The summed E-state index contributed by atoms with van der Waals surface area (Å²) in [5.41, 5.74) is -1.64. The number of ketones is 1. The molecule has 7 unspecified atom stereocenters. The molecule has 274 valence electrons. The average Bonchev–Trinajstić information content (AvgIpc) is 3.75. The van der Waals surface area contributed by atoms with Crippen molar-refractivity contribution in [2.75, 3.05) is 33.0 Å². The lowest BCUT2D eigenvalue weighted by Crippen LogP contribution is -2.43. The van der Waals surface area contributed by atoms with E-state index in [2.05, 4.69) is 63.7 Å². The van der Waals surface area contributed by atoms with Crippen LogP contribution < -0.4 is 0 Å². The molecular weight excluding hydrogens is 910 g/mol. The summed E-state index contributed by atoms with van der Waals surface area (Å²) in [6.07, 6.45) is 5.29. The highest BCUT2D eigenvalue weighted by Crippen LogP contribution is 2.45. The van der Waals surface area contributed by atoms with Gasteiger partial charge in [0.25, 0.3) is 0 Å². The molecule has 3 aliphatic rings. The zero-order valence-electron chi connectivity index (χ0n) is 27.4. The van der Waals surface area contributed by atoms with Gasteiger partial charge >= 0.3 is 23.9 Å². The number of likely N-dealkylation sites (tertiary alicyclic amines) is 1. The maximum atomic E-state index is 13.4. The van der Waals surface area contributed by atoms with E-state index >= 15 is 0 Å². The van der Waals surface area contributed by atoms with Gasteiger partial charge in [0, 0.05) is 0 Å². The van der Waals surface area contributed by atoms with Crippen molar-refractivity contribution >= 4 is 105 Å². The van der Waals surface area contributed by atoms with E-state index in [1.54, 1.807) is 19.1 Å². The Bertz CT molecular complexity index is 1270. The molecule has 2 saturated heterocycles. The average molecular weight is 951 g/mol. The molecule has 0 saturated carbocycles. The van der Waals surface area contributed by atoms with E-state index in [4.69, 9.17) is 23.7 Å². The van der Waals surface area contributed by atoms with Crippen molar-refractivity contribution in [3.63, 3.8) is 0 Å². The molecule has 2 bridgehead atoms. The monoisotopic (exact) mass is 947 g/mol. The molecule has 0 aromatic heterocycles. The summed E-state index contributed by atoms with van der Waals surface area (Å²) in [5, 5.41) is 0. The van der Waals surface area contributed by atoms with Gasteiger partial charge in [0.1, 0.15) is 45.5 Å². The number of alkyl halides is 4. The van der Waals surface area contributed by atoms with E-state index in [1.807, 2.05) is 0 Å². The van der Waals surface area contributed by atoms with Gasteiger partial charge in [0.2, 0.25) is 11.8 Å². The molecule has 13 nitrogen and oxygen atoms in total. The van der Waals surface area contributed by atoms with Crippen molar-refractivity contribution in [3.05, 3.63) is 12.2 Å². The Morgan fingerprint density at radius 3 is 1.61 bits per heavy atom. The predicted octanol–water partition coefficient (Wildman–Crippen LogP) is 4.11. The van der Waals surface area contributed by atoms with Crippen LogP contribution in [0.5, 0.6) is 0 Å². The number of nitrogens with zero attached hydrogens (tertiary/aromatic N) is 1. The maximum Gasteiger partial charge on any atom is 0.319 e. The lowest BCUT2D eigenvalue weighted by molar-refractivity contribution is -0.171. The highest BCUT2D eigenvalue weighted by Gasteiger charge is 2.60. The van der Waals surface area contributed by atoms with Gasteiger partial charge in [-0.25, -0.2) is 0 Å². The molecule has 0 N–H and O–H groups in total. The van der Waals surface area contributed by atoms with Crippen LogP contribution in [0.25, 0.3) is 0 Å². The van der Waals surface area contributed by atoms with Crippen LogP contribution in [-0.2, 0) is 57.2 Å². The van der Waals surface area contributed by atoms with Crippen LogP contribution in [0.3, 0.4) is 0 Å². The molecule has 3 heterocycles. The second-order valence-electron chi connectivity index (χ2n) is 12.3. The molecule has 9 atom stereocenters. The molecule has 17 heteroatoms. The number of carbonyl (C=O) groups excluding carboxylic acids is 7. The minimum absolute atomic E-state index is 0.0216. The van der Waals surface area contributed by atoms with Crippen molar-refractivity contribution < 1.29 is 57.2 Å². The van der Waals surface area contributed by atoms with Gasteiger partial charge in [0.15, 0.2) is 0 Å². The quantitative estimate of drug-likeness (QED) is 0.0532. The molecule has 0 aliphatic carbocycles. The molecule has 3 rings (SSSR count). The molecule has 2 fully saturated rings. The molecule has 49 heavy (non-hydrogen) atoms. The van der Waals surface area contributed by atoms with E-state index < -0.39 is 81.0 Å². The van der Waals surface area contributed by atoms with E-state index in [0.29, 0.717) is 38.5 Å². The third-order valence-corrected chi connectivity index (χ3v) is 12.0. The molecule has 0 aromatic carbocycles. The standard InChI is InChI=1S/C32H41Br4NO12/c1-4-45-28(41)19(34)9-6-10-21(36)30(43)48-16-32(3,15-47-29(42)20(35)8-5-7-18(33)17(2)38)31(44)46-14-13-37-26(39)24-22-11-12-23(49-22)25(24)27(37)40/h11-12,18-25H,4-10,13-16H2,1-3H3/t18?,19?,20?,21?,22?,23?,24-,25+,32?. The number of Topliss-reactive ketones (excluding diaryl/α,β-unsaturated/α-hetero) is 1. The fourth-order valence-electron chi connectivity index (χ4n) is 5.53. The van der Waals surface area contributed by atoms with Gasteiger partial charge in [-0.05, 0) is 46.5 Å². The Morgan fingerprint density at radius 1 is 0.755 bits per heavy atom. The zero-order valence-corrected chi connectivity index (χ0v) is 33.8. The smallest absolute Gasteiger partial charge is 0.319 e. The number of hydrogen-bond acceptors (Lipinski definition) is 12. The van der Waals surface area contributed by atoms with Crippen LogP contribution in [0.15, 0.2) is 12.2 Å². The Kier molecular flexibility index (Phi) is 16.4. The first-order valence-corrected chi connectivity index (χ1v) is 19.7. The highest BCUT2D eigenvalue weighted by atomic mass is 79.9. The number of fused-ring (bicyclic) bond motifs is 5. The summed E-state index contributed by atoms with van der Waals surface area (Å²) < 4.78 is 27.0. The van der Waals surface area contributed by atoms with Crippen LogP contribution in [0.4, 0.5) is 0 Å². The summed E-state index contributed by atoms with van der Waals surface area (Å²) in [7, 11) is 0. The maximum absolute atomic E-state index is 13.4. The predicted molar refractivity (Wildman–Crippen MR) is 188 cm³/mol. The normalized spacial score (nSPS) is 24.4. The van der Waals surface area contributed by atoms with E-state index in [9.17, 15) is 33.6 Å². The fourth-order valence-corrected chi connectivity index (χ4v) is 7.22. The lowest BCUT2D eigenvalue weighted by atomic mass is 9.85. The minimum Gasteiger partial charge on any atom is -0.465 e. The Labute approximate surface area is 318 Å². The molecular formula is C32H41Br4NO12. The van der Waals surface area contributed by atoms with Crippen molar-refractivity contribution in [2.45, 2.75) is 90.8 Å². The van der Waals surface area contributed by atoms with E-state index in [-0.39, 0.29) is 42.2 Å². The number of halogens is 4. The Morgan fingerprint density at radius 2 is 1.18 bits per heavy atom. The van der Waals surface area contributed by atoms with E-state index in [0.717, 1.165) is 4.90 Å². The first-order chi connectivity index (χ1) is 23.1. The largest absolute Gasteiger partial charge is 0.465 e. The second kappa shape index (κ2) is 19.2. The fraction of sp³-hybridized carbons (Fsp3) is 0.719. The first-order valence-electron chi connectivity index (χ1n) is 16.0. The number of carbonyl (C=O) groups is 7. The van der Waals surface area contributed by atoms with Crippen LogP contribution in [0.1, 0.15) is 59.3 Å². The SMILES string of the molecule is CCOC(=O)C(Br)CCCC(Br)C(=O)OCC(C)(COC(=O)C(Br)CCCC(Br)C(C)=O)C(=O)OCCN1C(=O)[C@@H]2C3C=CC(O3)[C@@H]2C1=O. The topological polar surface area (TPSA) is 169 Å². The third kappa shape index (κ3) is 11.1. The van der Waals surface area contributed by atoms with Crippen LogP contribution in [-0.4, -0.2) is 111 Å². The van der Waals surface area contributed by atoms with Crippen LogP contribution in [0, 0.1) is 17.3 Å². The van der Waals surface area contributed by atoms with Crippen molar-refractivity contribution in [1.82, 2.24) is 4.90 Å². The number of imide groups is 1. The van der Waals surface area contributed by atoms with Gasteiger partial charge in [0.05, 0.1) is 42.0 Å². The highest BCUT2D eigenvalue weighted by molar-refractivity contribution is 9.10. The molecule has 0 spiro atoms. The molecule has 2 amide bonds. The van der Waals surface area contributed by atoms with Crippen molar-refractivity contribution in [3.8, 4) is 0 Å². The Hall–Kier alpha value is -1.69.